The largest absolute Gasteiger partial charge is 0.345 e. The predicted octanol–water partition coefficient (Wildman–Crippen LogP) is 3.30. The highest BCUT2D eigenvalue weighted by Gasteiger charge is 2.33. The molecule has 2 rings (SSSR count). The van der Waals surface area contributed by atoms with Crippen LogP contribution in [0.1, 0.15) is 59.3 Å². The Kier molecular flexibility index (Phi) is 5.70. The van der Waals surface area contributed by atoms with Gasteiger partial charge in [-0.2, -0.15) is 0 Å². The van der Waals surface area contributed by atoms with E-state index < -0.39 is 0 Å². The third-order valence-corrected chi connectivity index (χ3v) is 5.61. The fraction of sp³-hybridized carbons (Fsp3) is 0.944. The lowest BCUT2D eigenvalue weighted by molar-refractivity contribution is -0.136. The second-order valence-electron chi connectivity index (χ2n) is 8.35. The van der Waals surface area contributed by atoms with Crippen molar-refractivity contribution >= 4 is 5.91 Å². The molecule has 1 aliphatic heterocycles. The summed E-state index contributed by atoms with van der Waals surface area (Å²) in [6, 6.07) is 0. The Bertz CT molecular complexity index is 334. The summed E-state index contributed by atoms with van der Waals surface area (Å²) in [5.41, 5.74) is 0.397. The zero-order valence-corrected chi connectivity index (χ0v) is 14.5. The number of rotatable bonds is 3. The normalized spacial score (nSPS) is 31.0. The van der Waals surface area contributed by atoms with Crippen molar-refractivity contribution in [1.29, 1.82) is 0 Å². The molecular weight excluding hydrogens is 260 g/mol. The Balaban J connectivity index is 1.78. The van der Waals surface area contributed by atoms with Crippen LogP contribution in [0.3, 0.4) is 0 Å². The summed E-state index contributed by atoms with van der Waals surface area (Å²) in [6.07, 6.45) is 7.14. The van der Waals surface area contributed by atoms with Crippen molar-refractivity contribution in [2.45, 2.75) is 59.3 Å². The van der Waals surface area contributed by atoms with E-state index in [4.69, 9.17) is 0 Å². The van der Waals surface area contributed by atoms with Gasteiger partial charge in [0.25, 0.3) is 0 Å². The minimum atomic E-state index is 0.283. The van der Waals surface area contributed by atoms with Crippen molar-refractivity contribution in [2.75, 3.05) is 26.7 Å². The van der Waals surface area contributed by atoms with Crippen LogP contribution in [0.4, 0.5) is 0 Å². The van der Waals surface area contributed by atoms with Gasteiger partial charge in [-0.1, -0.05) is 20.8 Å². The number of carbonyl (C=O) groups excluding carboxylic acids is 1. The lowest BCUT2D eigenvalue weighted by Gasteiger charge is -2.38. The maximum Gasteiger partial charge on any atom is 0.225 e. The second kappa shape index (κ2) is 7.13. The van der Waals surface area contributed by atoms with Crippen LogP contribution in [-0.2, 0) is 4.79 Å². The number of hydrogen-bond acceptors (Lipinski definition) is 2. The Labute approximate surface area is 130 Å². The second-order valence-corrected chi connectivity index (χ2v) is 8.35. The first-order valence-electron chi connectivity index (χ1n) is 8.83. The van der Waals surface area contributed by atoms with E-state index in [9.17, 15) is 4.79 Å². The summed E-state index contributed by atoms with van der Waals surface area (Å²) in [5, 5.41) is 3.44. The van der Waals surface area contributed by atoms with Gasteiger partial charge in [0, 0.05) is 19.5 Å². The van der Waals surface area contributed by atoms with Crippen molar-refractivity contribution in [3.63, 3.8) is 0 Å². The lowest BCUT2D eigenvalue weighted by atomic mass is 9.69. The van der Waals surface area contributed by atoms with Crippen LogP contribution >= 0.6 is 0 Å². The van der Waals surface area contributed by atoms with E-state index in [1.165, 1.54) is 25.7 Å². The van der Waals surface area contributed by atoms with E-state index in [1.54, 1.807) is 0 Å². The number of hydrogen-bond donors (Lipinski definition) is 1. The molecule has 1 amide bonds. The molecule has 1 heterocycles. The van der Waals surface area contributed by atoms with Gasteiger partial charge in [-0.15, -0.1) is 0 Å². The van der Waals surface area contributed by atoms with Crippen molar-refractivity contribution < 1.29 is 4.79 Å². The van der Waals surface area contributed by atoms with E-state index >= 15 is 0 Å². The van der Waals surface area contributed by atoms with E-state index in [0.29, 0.717) is 17.2 Å². The predicted molar refractivity (Wildman–Crippen MR) is 88.1 cm³/mol. The average molecular weight is 294 g/mol. The molecule has 3 nitrogen and oxygen atoms in total. The van der Waals surface area contributed by atoms with Gasteiger partial charge in [0.2, 0.25) is 5.91 Å². The molecule has 122 valence electrons. The minimum absolute atomic E-state index is 0.283. The molecule has 2 fully saturated rings. The summed E-state index contributed by atoms with van der Waals surface area (Å²) in [7, 11) is 2.01. The molecule has 1 unspecified atom stereocenters. The highest BCUT2D eigenvalue weighted by atomic mass is 16.2. The molecule has 1 saturated carbocycles. The summed E-state index contributed by atoms with van der Waals surface area (Å²) in [6.45, 7) is 10.2. The molecule has 0 aromatic heterocycles. The molecule has 0 spiro atoms. The van der Waals surface area contributed by atoms with Gasteiger partial charge in [0.15, 0.2) is 0 Å². The molecule has 1 saturated heterocycles. The van der Waals surface area contributed by atoms with Crippen LogP contribution < -0.4 is 5.32 Å². The average Bonchev–Trinajstić information content (AvgIpc) is 2.46. The van der Waals surface area contributed by atoms with Gasteiger partial charge in [-0.05, 0) is 68.9 Å². The minimum Gasteiger partial charge on any atom is -0.345 e. The van der Waals surface area contributed by atoms with E-state index in [-0.39, 0.29) is 5.92 Å². The zero-order chi connectivity index (χ0) is 15.5. The van der Waals surface area contributed by atoms with Gasteiger partial charge in [-0.3, -0.25) is 4.79 Å². The third-order valence-electron chi connectivity index (χ3n) is 5.61. The Morgan fingerprint density at radius 3 is 2.33 bits per heavy atom. The Hall–Kier alpha value is -0.570. The molecule has 1 aliphatic carbocycles. The van der Waals surface area contributed by atoms with Crippen molar-refractivity contribution in [2.24, 2.45) is 23.2 Å². The van der Waals surface area contributed by atoms with Crippen LogP contribution in [0, 0.1) is 23.2 Å². The quantitative estimate of drug-likeness (QED) is 0.866. The standard InChI is InChI=1S/C18H34N2O/c1-18(2,3)16-9-7-15(8-10-16)17(21)20(4)13-14-6-5-11-19-12-14/h14-16,19H,5-13H2,1-4H3. The number of amides is 1. The monoisotopic (exact) mass is 294 g/mol. The number of piperidine rings is 1. The highest BCUT2D eigenvalue weighted by Crippen LogP contribution is 2.40. The SMILES string of the molecule is CN(CC1CCCNC1)C(=O)C1CCC(C(C)(C)C)CC1. The fourth-order valence-corrected chi connectivity index (χ4v) is 4.08. The molecule has 3 heteroatoms. The van der Waals surface area contributed by atoms with E-state index in [1.807, 2.05) is 11.9 Å². The molecule has 0 aromatic carbocycles. The molecule has 0 bridgehead atoms. The number of nitrogens with one attached hydrogen (secondary N) is 1. The summed E-state index contributed by atoms with van der Waals surface area (Å²) >= 11 is 0. The Morgan fingerprint density at radius 1 is 1.14 bits per heavy atom. The maximum absolute atomic E-state index is 12.6. The highest BCUT2D eigenvalue weighted by molar-refractivity contribution is 5.78. The molecule has 2 aliphatic rings. The van der Waals surface area contributed by atoms with E-state index in [2.05, 4.69) is 26.1 Å². The van der Waals surface area contributed by atoms with Crippen LogP contribution in [-0.4, -0.2) is 37.5 Å². The molecule has 0 aromatic rings. The van der Waals surface area contributed by atoms with Crippen LogP contribution in [0.5, 0.6) is 0 Å². The zero-order valence-electron chi connectivity index (χ0n) is 14.5. The maximum atomic E-state index is 12.6. The van der Waals surface area contributed by atoms with Crippen LogP contribution in [0.2, 0.25) is 0 Å². The fourth-order valence-electron chi connectivity index (χ4n) is 4.08. The van der Waals surface area contributed by atoms with Crippen molar-refractivity contribution in [3.05, 3.63) is 0 Å². The summed E-state index contributed by atoms with van der Waals surface area (Å²) < 4.78 is 0. The van der Waals surface area contributed by atoms with Gasteiger partial charge in [-0.25, -0.2) is 0 Å². The van der Waals surface area contributed by atoms with Crippen molar-refractivity contribution in [1.82, 2.24) is 10.2 Å². The van der Waals surface area contributed by atoms with Gasteiger partial charge < -0.3 is 10.2 Å². The first-order valence-corrected chi connectivity index (χ1v) is 8.83. The first kappa shape index (κ1) is 16.8. The number of nitrogens with zero attached hydrogens (tertiary/aromatic N) is 1. The van der Waals surface area contributed by atoms with Gasteiger partial charge in [0.05, 0.1) is 0 Å². The summed E-state index contributed by atoms with van der Waals surface area (Å²) in [4.78, 5) is 14.6. The molecule has 0 radical (unpaired) electrons. The first-order chi connectivity index (χ1) is 9.88. The Morgan fingerprint density at radius 2 is 1.81 bits per heavy atom. The van der Waals surface area contributed by atoms with Gasteiger partial charge >= 0.3 is 0 Å². The topological polar surface area (TPSA) is 32.3 Å². The lowest BCUT2D eigenvalue weighted by Crippen LogP contribution is -2.42. The molecule has 1 atom stereocenters. The van der Waals surface area contributed by atoms with Crippen LogP contribution in [0.15, 0.2) is 0 Å². The number of carbonyl (C=O) groups is 1. The summed E-state index contributed by atoms with van der Waals surface area (Å²) in [5.74, 6) is 2.12. The van der Waals surface area contributed by atoms with Crippen LogP contribution in [0.25, 0.3) is 0 Å². The molecule has 1 N–H and O–H groups in total. The van der Waals surface area contributed by atoms with E-state index in [0.717, 1.165) is 38.4 Å². The molecule has 21 heavy (non-hydrogen) atoms. The smallest absolute Gasteiger partial charge is 0.225 e. The van der Waals surface area contributed by atoms with Crippen molar-refractivity contribution in [3.8, 4) is 0 Å². The third kappa shape index (κ3) is 4.70. The molecular formula is C18H34N2O. The van der Waals surface area contributed by atoms with Gasteiger partial charge in [0.1, 0.15) is 0 Å².